The average molecular weight is 430 g/mol. The normalized spacial score (nSPS) is 17.8. The first kappa shape index (κ1) is 22.5. The first-order valence-electron chi connectivity index (χ1n) is 12.4. The molecule has 3 nitrogen and oxygen atoms in total. The highest BCUT2D eigenvalue weighted by molar-refractivity contribution is 5.79. The van der Waals surface area contributed by atoms with E-state index in [2.05, 4.69) is 60.4 Å². The molecule has 1 aliphatic heterocycles. The van der Waals surface area contributed by atoms with Crippen LogP contribution in [0.5, 0.6) is 0 Å². The Morgan fingerprint density at radius 1 is 0.750 bits per heavy atom. The van der Waals surface area contributed by atoms with E-state index in [0.29, 0.717) is 6.61 Å². The SMILES string of the molecule is O=C(OCC1c2ccccc2-c2ccccc21)N1CCCCCC#CCCCCCCC1. The van der Waals surface area contributed by atoms with Crippen molar-refractivity contribution in [3.63, 3.8) is 0 Å². The van der Waals surface area contributed by atoms with E-state index < -0.39 is 0 Å². The zero-order chi connectivity index (χ0) is 22.0. The number of carbonyl (C=O) groups is 1. The predicted molar refractivity (Wildman–Crippen MR) is 131 cm³/mol. The van der Waals surface area contributed by atoms with Crippen LogP contribution < -0.4 is 0 Å². The molecule has 0 N–H and O–H groups in total. The summed E-state index contributed by atoms with van der Waals surface area (Å²) in [6, 6.07) is 17.0. The molecule has 4 rings (SSSR count). The molecule has 1 heterocycles. The summed E-state index contributed by atoms with van der Waals surface area (Å²) >= 11 is 0. The highest BCUT2D eigenvalue weighted by atomic mass is 16.6. The lowest BCUT2D eigenvalue weighted by Crippen LogP contribution is -2.34. The van der Waals surface area contributed by atoms with Gasteiger partial charge >= 0.3 is 6.09 Å². The molecule has 0 fully saturated rings. The summed E-state index contributed by atoms with van der Waals surface area (Å²) < 4.78 is 5.93. The fourth-order valence-corrected chi connectivity index (χ4v) is 4.90. The molecular weight excluding hydrogens is 394 g/mol. The first-order valence-corrected chi connectivity index (χ1v) is 12.4. The first-order chi connectivity index (χ1) is 15.8. The van der Waals surface area contributed by atoms with Crippen molar-refractivity contribution in [1.29, 1.82) is 0 Å². The van der Waals surface area contributed by atoms with Gasteiger partial charge in [0.05, 0.1) is 0 Å². The molecule has 0 unspecified atom stereocenters. The second-order valence-corrected chi connectivity index (χ2v) is 8.97. The molecular formula is C29H35NO2. The number of hydrogen-bond acceptors (Lipinski definition) is 2. The van der Waals surface area contributed by atoms with Crippen LogP contribution in [0.3, 0.4) is 0 Å². The molecule has 1 aliphatic carbocycles. The molecule has 0 aromatic heterocycles. The van der Waals surface area contributed by atoms with Crippen LogP contribution in [-0.4, -0.2) is 30.7 Å². The van der Waals surface area contributed by atoms with Crippen molar-refractivity contribution in [2.24, 2.45) is 0 Å². The van der Waals surface area contributed by atoms with Gasteiger partial charge in [0.15, 0.2) is 0 Å². The van der Waals surface area contributed by atoms with E-state index >= 15 is 0 Å². The van der Waals surface area contributed by atoms with E-state index in [1.165, 1.54) is 47.9 Å². The summed E-state index contributed by atoms with van der Waals surface area (Å²) in [7, 11) is 0. The topological polar surface area (TPSA) is 29.5 Å². The van der Waals surface area contributed by atoms with E-state index in [1.807, 2.05) is 4.90 Å². The summed E-state index contributed by atoms with van der Waals surface area (Å²) in [5.74, 6) is 6.73. The smallest absolute Gasteiger partial charge is 0.409 e. The number of rotatable bonds is 2. The third-order valence-corrected chi connectivity index (χ3v) is 6.68. The minimum atomic E-state index is -0.157. The Morgan fingerprint density at radius 2 is 1.25 bits per heavy atom. The lowest BCUT2D eigenvalue weighted by atomic mass is 9.98. The van der Waals surface area contributed by atoms with E-state index in [4.69, 9.17) is 4.74 Å². The van der Waals surface area contributed by atoms with Crippen LogP contribution in [0.1, 0.15) is 81.3 Å². The van der Waals surface area contributed by atoms with Gasteiger partial charge < -0.3 is 9.64 Å². The third kappa shape index (κ3) is 5.74. The van der Waals surface area contributed by atoms with E-state index in [1.54, 1.807) is 0 Å². The van der Waals surface area contributed by atoms with Crippen LogP contribution in [0, 0.1) is 11.8 Å². The van der Waals surface area contributed by atoms with Gasteiger partial charge in [-0.3, -0.25) is 0 Å². The number of hydrogen-bond donors (Lipinski definition) is 0. The highest BCUT2D eigenvalue weighted by Gasteiger charge is 2.29. The van der Waals surface area contributed by atoms with Crippen molar-refractivity contribution in [2.75, 3.05) is 19.7 Å². The molecule has 0 saturated heterocycles. The standard InChI is InChI=1S/C29H35NO2/c31-29(30-21-15-9-7-5-3-1-2-4-6-8-10-16-22-30)32-23-28-26-19-13-11-17-24(26)25-18-12-14-20-27(25)28/h11-14,17-20,28H,1,3,5-10,15-16,21-23H2. The second-order valence-electron chi connectivity index (χ2n) is 8.97. The zero-order valence-corrected chi connectivity index (χ0v) is 19.2. The summed E-state index contributed by atoms with van der Waals surface area (Å²) in [4.78, 5) is 15.0. The Kier molecular flexibility index (Phi) is 8.26. The molecule has 2 aliphatic rings. The Morgan fingerprint density at radius 3 is 1.88 bits per heavy atom. The Hall–Kier alpha value is -2.73. The molecule has 0 atom stereocenters. The molecule has 1 amide bonds. The van der Waals surface area contributed by atoms with Crippen molar-refractivity contribution in [3.05, 3.63) is 59.7 Å². The fourth-order valence-electron chi connectivity index (χ4n) is 4.90. The van der Waals surface area contributed by atoms with Crippen molar-refractivity contribution < 1.29 is 9.53 Å². The molecule has 2 aromatic rings. The van der Waals surface area contributed by atoms with Gasteiger partial charge in [-0.15, -0.1) is 11.8 Å². The maximum atomic E-state index is 13.1. The van der Waals surface area contributed by atoms with Gasteiger partial charge in [0.1, 0.15) is 6.61 Å². The number of amides is 1. The van der Waals surface area contributed by atoms with Crippen LogP contribution >= 0.6 is 0 Å². The zero-order valence-electron chi connectivity index (χ0n) is 19.2. The molecule has 2 aromatic carbocycles. The van der Waals surface area contributed by atoms with E-state index in [-0.39, 0.29) is 12.0 Å². The third-order valence-electron chi connectivity index (χ3n) is 6.68. The quantitative estimate of drug-likeness (QED) is 0.474. The van der Waals surface area contributed by atoms with Gasteiger partial charge in [-0.1, -0.05) is 74.2 Å². The van der Waals surface area contributed by atoms with Crippen molar-refractivity contribution in [1.82, 2.24) is 4.90 Å². The molecule has 168 valence electrons. The number of nitrogens with zero attached hydrogens (tertiary/aromatic N) is 1. The maximum Gasteiger partial charge on any atom is 0.409 e. The molecule has 0 radical (unpaired) electrons. The summed E-state index contributed by atoms with van der Waals surface area (Å²) in [5, 5.41) is 0. The molecule has 3 heteroatoms. The van der Waals surface area contributed by atoms with Gasteiger partial charge in [0.2, 0.25) is 0 Å². The number of carbonyl (C=O) groups excluding carboxylic acids is 1. The van der Waals surface area contributed by atoms with Crippen LogP contribution in [0.15, 0.2) is 48.5 Å². The number of benzene rings is 2. The Bertz CT molecular complexity index is 909. The average Bonchev–Trinajstić information content (AvgIpc) is 3.14. The predicted octanol–water partition coefficient (Wildman–Crippen LogP) is 7.16. The number of fused-ring (bicyclic) bond motifs is 3. The van der Waals surface area contributed by atoms with Gasteiger partial charge in [-0.25, -0.2) is 4.79 Å². The van der Waals surface area contributed by atoms with Crippen LogP contribution in [-0.2, 0) is 4.74 Å². The molecule has 32 heavy (non-hydrogen) atoms. The summed E-state index contributed by atoms with van der Waals surface area (Å²) in [5.41, 5.74) is 5.06. The molecule has 0 spiro atoms. The monoisotopic (exact) mass is 429 g/mol. The fraction of sp³-hybridized carbons (Fsp3) is 0.483. The van der Waals surface area contributed by atoms with Crippen LogP contribution in [0.25, 0.3) is 11.1 Å². The summed E-state index contributed by atoms with van der Waals surface area (Å²) in [6.45, 7) is 1.98. The van der Waals surface area contributed by atoms with Crippen molar-refractivity contribution >= 4 is 6.09 Å². The van der Waals surface area contributed by atoms with E-state index in [0.717, 1.165) is 51.6 Å². The van der Waals surface area contributed by atoms with Crippen LogP contribution in [0.4, 0.5) is 4.79 Å². The van der Waals surface area contributed by atoms with Crippen LogP contribution in [0.2, 0.25) is 0 Å². The maximum absolute atomic E-state index is 13.1. The largest absolute Gasteiger partial charge is 0.448 e. The van der Waals surface area contributed by atoms with Crippen molar-refractivity contribution in [2.45, 2.75) is 70.1 Å². The molecule has 0 saturated carbocycles. The van der Waals surface area contributed by atoms with Gasteiger partial charge in [-0.2, -0.15) is 0 Å². The lowest BCUT2D eigenvalue weighted by Gasteiger charge is -2.23. The Labute approximate surface area is 193 Å². The molecule has 0 bridgehead atoms. The van der Waals surface area contributed by atoms with E-state index in [9.17, 15) is 4.79 Å². The van der Waals surface area contributed by atoms with Gasteiger partial charge in [0.25, 0.3) is 0 Å². The summed E-state index contributed by atoms with van der Waals surface area (Å²) in [6.07, 6.45) is 11.0. The lowest BCUT2D eigenvalue weighted by molar-refractivity contribution is 0.0982. The number of ether oxygens (including phenoxy) is 1. The van der Waals surface area contributed by atoms with Crippen molar-refractivity contribution in [3.8, 4) is 23.0 Å². The van der Waals surface area contributed by atoms with Gasteiger partial charge in [0, 0.05) is 31.8 Å². The minimum absolute atomic E-state index is 0.119. The Balaban J connectivity index is 1.37. The highest BCUT2D eigenvalue weighted by Crippen LogP contribution is 2.44. The van der Waals surface area contributed by atoms with Gasteiger partial charge in [-0.05, 0) is 47.9 Å². The minimum Gasteiger partial charge on any atom is -0.448 e. The second kappa shape index (κ2) is 11.8.